The predicted molar refractivity (Wildman–Crippen MR) is 60.3 cm³/mol. The predicted octanol–water partition coefficient (Wildman–Crippen LogP) is 2.13. The fourth-order valence-electron chi connectivity index (χ4n) is 2.55. The molecule has 1 heterocycles. The second-order valence-corrected chi connectivity index (χ2v) is 4.98. The molecule has 2 heteroatoms. The van der Waals surface area contributed by atoms with Crippen LogP contribution in [0.5, 0.6) is 0 Å². The van der Waals surface area contributed by atoms with Crippen LogP contribution in [0.3, 0.4) is 0 Å². The van der Waals surface area contributed by atoms with Crippen LogP contribution in [0.4, 0.5) is 0 Å². The fraction of sp³-hybridized carbons (Fsp3) is 1.00. The molecule has 1 N–H and O–H groups in total. The smallest absolute Gasteiger partial charge is 0.0431 e. The molecule has 0 spiro atoms. The summed E-state index contributed by atoms with van der Waals surface area (Å²) in [5, 5.41) is 8.75. The Balaban J connectivity index is 2.33. The van der Waals surface area contributed by atoms with E-state index in [0.29, 0.717) is 6.61 Å². The Bertz CT molecular complexity index is 160. The number of aliphatic hydroxyl groups excluding tert-OH is 1. The molecule has 0 saturated carbocycles. The number of hydrogen-bond acceptors (Lipinski definition) is 2. The molecule has 0 aromatic carbocycles. The van der Waals surface area contributed by atoms with Crippen molar-refractivity contribution in [1.29, 1.82) is 0 Å². The largest absolute Gasteiger partial charge is 0.396 e. The number of piperidine rings is 1. The fourth-order valence-corrected chi connectivity index (χ4v) is 2.55. The first kappa shape index (κ1) is 12.0. The summed E-state index contributed by atoms with van der Waals surface area (Å²) >= 11 is 0. The molecule has 0 aromatic heterocycles. The molecule has 1 fully saturated rings. The number of rotatable bonds is 4. The highest BCUT2D eigenvalue weighted by Gasteiger charge is 2.27. The van der Waals surface area contributed by atoms with Crippen LogP contribution in [0.2, 0.25) is 0 Å². The molecule has 3 unspecified atom stereocenters. The van der Waals surface area contributed by atoms with E-state index in [4.69, 9.17) is 5.11 Å². The van der Waals surface area contributed by atoms with Crippen LogP contribution in [0.25, 0.3) is 0 Å². The molecule has 0 amide bonds. The summed E-state index contributed by atoms with van der Waals surface area (Å²) in [6.45, 7) is 9.80. The highest BCUT2D eigenvalue weighted by Crippen LogP contribution is 2.26. The zero-order valence-electron chi connectivity index (χ0n) is 9.87. The van der Waals surface area contributed by atoms with Gasteiger partial charge in [-0.3, -0.25) is 0 Å². The van der Waals surface area contributed by atoms with Crippen molar-refractivity contribution in [1.82, 2.24) is 4.90 Å². The zero-order chi connectivity index (χ0) is 10.6. The van der Waals surface area contributed by atoms with Gasteiger partial charge in [-0.2, -0.15) is 0 Å². The van der Waals surface area contributed by atoms with E-state index in [1.54, 1.807) is 0 Å². The van der Waals surface area contributed by atoms with E-state index >= 15 is 0 Å². The van der Waals surface area contributed by atoms with Gasteiger partial charge < -0.3 is 10.0 Å². The number of aliphatic hydroxyl groups is 1. The molecule has 2 nitrogen and oxygen atoms in total. The van der Waals surface area contributed by atoms with Gasteiger partial charge in [0.2, 0.25) is 0 Å². The van der Waals surface area contributed by atoms with Crippen LogP contribution in [0, 0.1) is 11.8 Å². The van der Waals surface area contributed by atoms with Crippen LogP contribution in [0.1, 0.15) is 40.0 Å². The Morgan fingerprint density at radius 1 is 1.21 bits per heavy atom. The number of likely N-dealkylation sites (tertiary alicyclic amines) is 1. The van der Waals surface area contributed by atoms with Crippen molar-refractivity contribution in [2.24, 2.45) is 11.8 Å². The SMILES string of the molecule is CC1CC(C)C(C)N(CCCCO)C1. The van der Waals surface area contributed by atoms with Crippen LogP contribution < -0.4 is 0 Å². The van der Waals surface area contributed by atoms with Crippen molar-refractivity contribution in [3.63, 3.8) is 0 Å². The van der Waals surface area contributed by atoms with Crippen molar-refractivity contribution in [2.75, 3.05) is 19.7 Å². The van der Waals surface area contributed by atoms with E-state index in [1.165, 1.54) is 13.0 Å². The molecule has 0 aromatic rings. The van der Waals surface area contributed by atoms with Gasteiger partial charge in [0.15, 0.2) is 0 Å². The normalized spacial score (nSPS) is 34.7. The summed E-state index contributed by atoms with van der Waals surface area (Å²) in [6.07, 6.45) is 3.46. The summed E-state index contributed by atoms with van der Waals surface area (Å²) in [5.41, 5.74) is 0. The first-order chi connectivity index (χ1) is 6.65. The first-order valence-corrected chi connectivity index (χ1v) is 6.00. The number of hydrogen-bond donors (Lipinski definition) is 1. The van der Waals surface area contributed by atoms with Crippen LogP contribution >= 0.6 is 0 Å². The van der Waals surface area contributed by atoms with Gasteiger partial charge in [-0.1, -0.05) is 13.8 Å². The molecule has 1 aliphatic heterocycles. The van der Waals surface area contributed by atoms with E-state index in [2.05, 4.69) is 25.7 Å². The van der Waals surface area contributed by atoms with Gasteiger partial charge in [-0.05, 0) is 44.6 Å². The molecule has 14 heavy (non-hydrogen) atoms. The maximum absolute atomic E-state index is 8.75. The molecule has 1 saturated heterocycles. The molecule has 1 aliphatic rings. The molecule has 0 radical (unpaired) electrons. The van der Waals surface area contributed by atoms with Crippen LogP contribution in [0.15, 0.2) is 0 Å². The Morgan fingerprint density at radius 2 is 1.93 bits per heavy atom. The van der Waals surface area contributed by atoms with Crippen LogP contribution in [-0.4, -0.2) is 35.7 Å². The Labute approximate surface area is 88.3 Å². The van der Waals surface area contributed by atoms with E-state index in [0.717, 1.165) is 37.3 Å². The van der Waals surface area contributed by atoms with E-state index < -0.39 is 0 Å². The quantitative estimate of drug-likeness (QED) is 0.701. The molecular weight excluding hydrogens is 174 g/mol. The lowest BCUT2D eigenvalue weighted by Gasteiger charge is -2.41. The third-order valence-electron chi connectivity index (χ3n) is 3.57. The standard InChI is InChI=1S/C12H25NO/c1-10-8-11(2)12(3)13(9-10)6-4-5-7-14/h10-12,14H,4-9H2,1-3H3. The molecule has 84 valence electrons. The van der Waals surface area contributed by atoms with Gasteiger partial charge in [0.1, 0.15) is 0 Å². The van der Waals surface area contributed by atoms with Gasteiger partial charge in [0.25, 0.3) is 0 Å². The maximum Gasteiger partial charge on any atom is 0.0431 e. The summed E-state index contributed by atoms with van der Waals surface area (Å²) in [7, 11) is 0. The van der Waals surface area contributed by atoms with E-state index in [-0.39, 0.29) is 0 Å². The maximum atomic E-state index is 8.75. The highest BCUT2D eigenvalue weighted by molar-refractivity contribution is 4.81. The highest BCUT2D eigenvalue weighted by atomic mass is 16.2. The van der Waals surface area contributed by atoms with Crippen molar-refractivity contribution in [2.45, 2.75) is 46.1 Å². The van der Waals surface area contributed by atoms with E-state index in [1.807, 2.05) is 0 Å². The number of unbranched alkanes of at least 4 members (excludes halogenated alkanes) is 1. The molecular formula is C12H25NO. The Kier molecular flexibility index (Phi) is 4.90. The lowest BCUT2D eigenvalue weighted by Crippen LogP contribution is -2.46. The number of nitrogens with zero attached hydrogens (tertiary/aromatic N) is 1. The second-order valence-electron chi connectivity index (χ2n) is 4.98. The summed E-state index contributed by atoms with van der Waals surface area (Å²) < 4.78 is 0. The minimum absolute atomic E-state index is 0.341. The minimum Gasteiger partial charge on any atom is -0.396 e. The van der Waals surface area contributed by atoms with Gasteiger partial charge >= 0.3 is 0 Å². The second kappa shape index (κ2) is 5.72. The molecule has 1 rings (SSSR count). The lowest BCUT2D eigenvalue weighted by atomic mass is 9.86. The van der Waals surface area contributed by atoms with Gasteiger partial charge in [0.05, 0.1) is 0 Å². The van der Waals surface area contributed by atoms with E-state index in [9.17, 15) is 0 Å². The average Bonchev–Trinajstić information content (AvgIpc) is 2.13. The van der Waals surface area contributed by atoms with Crippen molar-refractivity contribution >= 4 is 0 Å². The zero-order valence-corrected chi connectivity index (χ0v) is 9.87. The third kappa shape index (κ3) is 3.25. The molecule has 0 aliphatic carbocycles. The molecule has 0 bridgehead atoms. The van der Waals surface area contributed by atoms with Gasteiger partial charge in [-0.25, -0.2) is 0 Å². The van der Waals surface area contributed by atoms with Gasteiger partial charge in [-0.15, -0.1) is 0 Å². The average molecular weight is 199 g/mol. The van der Waals surface area contributed by atoms with Crippen molar-refractivity contribution in [3.05, 3.63) is 0 Å². The van der Waals surface area contributed by atoms with Crippen molar-refractivity contribution < 1.29 is 5.11 Å². The Morgan fingerprint density at radius 3 is 2.57 bits per heavy atom. The topological polar surface area (TPSA) is 23.5 Å². The summed E-state index contributed by atoms with van der Waals surface area (Å²) in [4.78, 5) is 2.59. The monoisotopic (exact) mass is 199 g/mol. The lowest BCUT2D eigenvalue weighted by molar-refractivity contribution is 0.0767. The van der Waals surface area contributed by atoms with Gasteiger partial charge in [0, 0.05) is 19.2 Å². The molecule has 3 atom stereocenters. The van der Waals surface area contributed by atoms with Crippen LogP contribution in [-0.2, 0) is 0 Å². The third-order valence-corrected chi connectivity index (χ3v) is 3.57. The minimum atomic E-state index is 0.341. The summed E-state index contributed by atoms with van der Waals surface area (Å²) in [5.74, 6) is 1.67. The summed E-state index contributed by atoms with van der Waals surface area (Å²) in [6, 6.07) is 0.727. The van der Waals surface area contributed by atoms with Crippen molar-refractivity contribution in [3.8, 4) is 0 Å². The Hall–Kier alpha value is -0.0800. The first-order valence-electron chi connectivity index (χ1n) is 6.00.